The van der Waals surface area contributed by atoms with E-state index in [4.69, 9.17) is 4.74 Å². The van der Waals surface area contributed by atoms with Crippen LogP contribution in [0.4, 0.5) is 5.69 Å². The molecule has 0 saturated carbocycles. The molecule has 5 nitrogen and oxygen atoms in total. The first-order valence-corrected chi connectivity index (χ1v) is 7.14. The molecular formula is C18H16N2O3. The Bertz CT molecular complexity index is 744. The van der Waals surface area contributed by atoms with Crippen LogP contribution in [0.1, 0.15) is 18.1 Å². The molecule has 0 aliphatic heterocycles. The number of hydrogen-bond acceptors (Lipinski definition) is 4. The molecule has 0 bridgehead atoms. The summed E-state index contributed by atoms with van der Waals surface area (Å²) < 4.78 is 5.65. The summed E-state index contributed by atoms with van der Waals surface area (Å²) in [7, 11) is 0. The maximum atomic E-state index is 10.6. The topological polar surface area (TPSA) is 76.2 Å². The molecule has 0 N–H and O–H groups in total. The minimum atomic E-state index is -0.424. The van der Waals surface area contributed by atoms with Gasteiger partial charge < -0.3 is 4.74 Å². The van der Waals surface area contributed by atoms with E-state index < -0.39 is 4.92 Å². The lowest BCUT2D eigenvalue weighted by Gasteiger charge is -2.09. The highest BCUT2D eigenvalue weighted by molar-refractivity contribution is 5.77. The van der Waals surface area contributed by atoms with Crippen molar-refractivity contribution >= 4 is 11.3 Å². The number of nitriles is 1. The smallest absolute Gasteiger partial charge is 0.269 e. The molecular weight excluding hydrogens is 292 g/mol. The van der Waals surface area contributed by atoms with Gasteiger partial charge in [-0.2, -0.15) is 5.26 Å². The van der Waals surface area contributed by atoms with Gasteiger partial charge in [-0.05, 0) is 18.1 Å². The molecule has 0 aliphatic rings. The second-order valence-corrected chi connectivity index (χ2v) is 4.93. The van der Waals surface area contributed by atoms with Crippen molar-refractivity contribution in [1.82, 2.24) is 0 Å². The van der Waals surface area contributed by atoms with Crippen LogP contribution in [0.25, 0.3) is 5.57 Å². The summed E-state index contributed by atoms with van der Waals surface area (Å²) in [5.74, 6) is 0.570. The number of nitro groups is 1. The van der Waals surface area contributed by atoms with E-state index in [1.54, 1.807) is 19.1 Å². The van der Waals surface area contributed by atoms with E-state index in [9.17, 15) is 15.4 Å². The summed E-state index contributed by atoms with van der Waals surface area (Å²) in [6, 6.07) is 17.9. The molecule has 0 aromatic heterocycles. The van der Waals surface area contributed by atoms with E-state index in [1.165, 1.54) is 12.1 Å². The van der Waals surface area contributed by atoms with Crippen LogP contribution in [0.3, 0.4) is 0 Å². The number of nitrogens with zero attached hydrogens (tertiary/aromatic N) is 2. The van der Waals surface area contributed by atoms with E-state index >= 15 is 0 Å². The van der Waals surface area contributed by atoms with Gasteiger partial charge in [0.2, 0.25) is 0 Å². The van der Waals surface area contributed by atoms with E-state index in [-0.39, 0.29) is 5.69 Å². The molecule has 0 unspecified atom stereocenters. The van der Waals surface area contributed by atoms with Crippen LogP contribution in [0.2, 0.25) is 0 Å². The second kappa shape index (κ2) is 7.76. The van der Waals surface area contributed by atoms with E-state index in [0.717, 1.165) is 11.1 Å². The number of rotatable bonds is 6. The normalized spacial score (nSPS) is 11.3. The van der Waals surface area contributed by atoms with E-state index in [0.29, 0.717) is 24.4 Å². The summed E-state index contributed by atoms with van der Waals surface area (Å²) in [6.07, 6.45) is 0.614. The SMILES string of the molecule is CC(OCCc1ccc([N+](=O)[O-])cc1)=C(C#N)c1ccccc1. The van der Waals surface area contributed by atoms with Gasteiger partial charge in [0, 0.05) is 18.6 Å². The molecule has 0 aliphatic carbocycles. The summed E-state index contributed by atoms with van der Waals surface area (Å²) >= 11 is 0. The Kier molecular flexibility index (Phi) is 5.48. The van der Waals surface area contributed by atoms with Crippen molar-refractivity contribution in [1.29, 1.82) is 5.26 Å². The quantitative estimate of drug-likeness (QED) is 0.348. The minimum absolute atomic E-state index is 0.0709. The number of nitro benzene ring substituents is 1. The van der Waals surface area contributed by atoms with Crippen LogP contribution in [-0.2, 0) is 11.2 Å². The first-order chi connectivity index (χ1) is 11.1. The molecule has 0 radical (unpaired) electrons. The minimum Gasteiger partial charge on any atom is -0.496 e. The van der Waals surface area contributed by atoms with Crippen LogP contribution in [-0.4, -0.2) is 11.5 Å². The average molecular weight is 308 g/mol. The Hall–Kier alpha value is -3.13. The van der Waals surface area contributed by atoms with Gasteiger partial charge in [-0.3, -0.25) is 10.1 Å². The van der Waals surface area contributed by atoms with Gasteiger partial charge in [0.15, 0.2) is 0 Å². The highest BCUT2D eigenvalue weighted by Crippen LogP contribution is 2.19. The molecule has 5 heteroatoms. The highest BCUT2D eigenvalue weighted by atomic mass is 16.6. The van der Waals surface area contributed by atoms with Gasteiger partial charge in [-0.25, -0.2) is 0 Å². The molecule has 2 aromatic rings. The van der Waals surface area contributed by atoms with Gasteiger partial charge >= 0.3 is 0 Å². The van der Waals surface area contributed by atoms with Crippen LogP contribution in [0, 0.1) is 21.4 Å². The Morgan fingerprint density at radius 3 is 2.39 bits per heavy atom. The Morgan fingerprint density at radius 2 is 1.83 bits per heavy atom. The third-order valence-electron chi connectivity index (χ3n) is 3.38. The molecule has 0 spiro atoms. The number of non-ortho nitro benzene ring substituents is 1. The summed E-state index contributed by atoms with van der Waals surface area (Å²) in [5.41, 5.74) is 2.35. The molecule has 0 fully saturated rings. The van der Waals surface area contributed by atoms with Crippen LogP contribution >= 0.6 is 0 Å². The Morgan fingerprint density at radius 1 is 1.17 bits per heavy atom. The van der Waals surface area contributed by atoms with Crippen molar-refractivity contribution in [2.45, 2.75) is 13.3 Å². The van der Waals surface area contributed by atoms with Crippen LogP contribution in [0.15, 0.2) is 60.4 Å². The van der Waals surface area contributed by atoms with Crippen LogP contribution < -0.4 is 0 Å². The van der Waals surface area contributed by atoms with Crippen molar-refractivity contribution in [2.24, 2.45) is 0 Å². The first kappa shape index (κ1) is 16.2. The number of allylic oxidation sites excluding steroid dienone is 2. The van der Waals surface area contributed by atoms with Gasteiger partial charge in [0.25, 0.3) is 5.69 Å². The molecule has 0 amide bonds. The molecule has 0 heterocycles. The van der Waals surface area contributed by atoms with Gasteiger partial charge in [0.1, 0.15) is 11.8 Å². The third kappa shape index (κ3) is 4.42. The van der Waals surface area contributed by atoms with Crippen molar-refractivity contribution < 1.29 is 9.66 Å². The summed E-state index contributed by atoms with van der Waals surface area (Å²) in [5, 5.41) is 19.9. The maximum Gasteiger partial charge on any atom is 0.269 e. The lowest BCUT2D eigenvalue weighted by Crippen LogP contribution is -1.99. The van der Waals surface area contributed by atoms with Crippen molar-refractivity contribution in [2.75, 3.05) is 6.61 Å². The summed E-state index contributed by atoms with van der Waals surface area (Å²) in [6.45, 7) is 2.17. The highest BCUT2D eigenvalue weighted by Gasteiger charge is 2.07. The predicted octanol–water partition coefficient (Wildman–Crippen LogP) is 4.11. The van der Waals surface area contributed by atoms with E-state index in [1.807, 2.05) is 30.3 Å². The van der Waals surface area contributed by atoms with Gasteiger partial charge in [-0.15, -0.1) is 0 Å². The number of benzene rings is 2. The third-order valence-corrected chi connectivity index (χ3v) is 3.38. The molecule has 23 heavy (non-hydrogen) atoms. The fourth-order valence-corrected chi connectivity index (χ4v) is 2.13. The Balaban J connectivity index is 1.98. The van der Waals surface area contributed by atoms with Crippen molar-refractivity contribution in [3.8, 4) is 6.07 Å². The second-order valence-electron chi connectivity index (χ2n) is 4.93. The Labute approximate surface area is 134 Å². The van der Waals surface area contributed by atoms with Gasteiger partial charge in [0.05, 0.1) is 17.1 Å². The van der Waals surface area contributed by atoms with Crippen molar-refractivity contribution in [3.05, 3.63) is 81.6 Å². The predicted molar refractivity (Wildman–Crippen MR) is 87.4 cm³/mol. The summed E-state index contributed by atoms with van der Waals surface area (Å²) in [4.78, 5) is 10.2. The number of ether oxygens (including phenoxy) is 1. The fourth-order valence-electron chi connectivity index (χ4n) is 2.13. The van der Waals surface area contributed by atoms with Crippen molar-refractivity contribution in [3.63, 3.8) is 0 Å². The zero-order valence-electron chi connectivity index (χ0n) is 12.7. The fraction of sp³-hybridized carbons (Fsp3) is 0.167. The molecule has 0 saturated heterocycles. The lowest BCUT2D eigenvalue weighted by molar-refractivity contribution is -0.384. The first-order valence-electron chi connectivity index (χ1n) is 7.14. The van der Waals surface area contributed by atoms with E-state index in [2.05, 4.69) is 6.07 Å². The molecule has 2 rings (SSSR count). The van der Waals surface area contributed by atoms with Gasteiger partial charge in [-0.1, -0.05) is 42.5 Å². The molecule has 2 aromatic carbocycles. The van der Waals surface area contributed by atoms with Crippen LogP contribution in [0.5, 0.6) is 0 Å². The zero-order valence-corrected chi connectivity index (χ0v) is 12.7. The zero-order chi connectivity index (χ0) is 16.7. The monoisotopic (exact) mass is 308 g/mol. The average Bonchev–Trinajstić information content (AvgIpc) is 2.57. The molecule has 116 valence electrons. The maximum absolute atomic E-state index is 10.6. The largest absolute Gasteiger partial charge is 0.496 e. The number of hydrogen-bond donors (Lipinski definition) is 0. The standard InChI is InChI=1S/C18H16N2O3/c1-14(18(13-19)16-5-3-2-4-6-16)23-12-11-15-7-9-17(10-8-15)20(21)22/h2-10H,11-12H2,1H3. The molecule has 0 atom stereocenters. The lowest BCUT2D eigenvalue weighted by atomic mass is 10.1.